The van der Waals surface area contributed by atoms with Gasteiger partial charge in [-0.15, -0.1) is 0 Å². The van der Waals surface area contributed by atoms with Crippen LogP contribution < -0.4 is 10.6 Å². The van der Waals surface area contributed by atoms with E-state index < -0.39 is 48.6 Å². The molecule has 2 unspecified atom stereocenters. The predicted octanol–water partition coefficient (Wildman–Crippen LogP) is 3.96. The van der Waals surface area contributed by atoms with Gasteiger partial charge in [-0.25, -0.2) is 0 Å². The van der Waals surface area contributed by atoms with Gasteiger partial charge in [0.1, 0.15) is 30.7 Å². The number of anilines is 2. The minimum Gasteiger partial charge on any atom is -0.481 e. The van der Waals surface area contributed by atoms with Gasteiger partial charge in [-0.2, -0.15) is 0 Å². The van der Waals surface area contributed by atoms with Crippen molar-refractivity contribution in [2.75, 3.05) is 36.9 Å². The number of aliphatic carboxylic acids is 1. The van der Waals surface area contributed by atoms with Crippen LogP contribution in [-0.4, -0.2) is 94.8 Å². The van der Waals surface area contributed by atoms with Gasteiger partial charge in [-0.05, 0) is 118 Å². The first-order valence-electron chi connectivity index (χ1n) is 19.4. The van der Waals surface area contributed by atoms with Crippen LogP contribution >= 0.6 is 0 Å². The highest BCUT2D eigenvalue weighted by Crippen LogP contribution is 2.28. The Bertz CT molecular complexity index is 1720. The van der Waals surface area contributed by atoms with E-state index in [1.807, 2.05) is 36.4 Å². The Kier molecular flexibility index (Phi) is 12.5. The molecule has 14 nitrogen and oxygen atoms in total. The third-order valence-electron chi connectivity index (χ3n) is 11.2. The molecular formula is C41H50N4O10. The first-order chi connectivity index (χ1) is 26.4. The summed E-state index contributed by atoms with van der Waals surface area (Å²) >= 11 is 0. The lowest BCUT2D eigenvalue weighted by molar-refractivity contribution is -0.166. The van der Waals surface area contributed by atoms with Crippen LogP contribution in [0.5, 0.6) is 0 Å². The standard InChI is InChI=1S/C41H50N4O10/c1-41(40(52)53,24-54-36(48)18-16-34(46)44-20-4-10-32(44)38(50)42-30-14-12-26-6-2-8-28(26)22-30)25-55-37(49)19-17-35(47)45-21-5-11-33(45)39(51)43-31-15-13-27-7-3-9-29(27)23-31/h12-15,22-23,32-33H,2-11,16-21,24-25H2,1H3,(H,42,50)(H,43,51)(H,52,53). The first-order valence-corrected chi connectivity index (χ1v) is 19.4. The largest absolute Gasteiger partial charge is 0.481 e. The van der Waals surface area contributed by atoms with Crippen molar-refractivity contribution in [3.05, 3.63) is 58.7 Å². The van der Waals surface area contributed by atoms with Crippen LogP contribution in [0.3, 0.4) is 0 Å². The van der Waals surface area contributed by atoms with Gasteiger partial charge in [-0.3, -0.25) is 33.6 Å². The molecule has 55 heavy (non-hydrogen) atoms. The molecule has 4 aliphatic rings. The van der Waals surface area contributed by atoms with Crippen molar-refractivity contribution < 1.29 is 48.1 Å². The molecule has 3 N–H and O–H groups in total. The fourth-order valence-electron chi connectivity index (χ4n) is 7.92. The van der Waals surface area contributed by atoms with Crippen LogP contribution in [0.2, 0.25) is 0 Å². The number of hydrogen-bond acceptors (Lipinski definition) is 9. The van der Waals surface area contributed by atoms with Crippen LogP contribution in [0.15, 0.2) is 36.4 Å². The molecular weight excluding hydrogens is 708 g/mol. The smallest absolute Gasteiger partial charge is 0.316 e. The van der Waals surface area contributed by atoms with Gasteiger partial charge in [-0.1, -0.05) is 12.1 Å². The summed E-state index contributed by atoms with van der Waals surface area (Å²) in [4.78, 5) is 92.5. The van der Waals surface area contributed by atoms with E-state index in [9.17, 15) is 38.7 Å². The van der Waals surface area contributed by atoms with Crippen molar-refractivity contribution in [2.24, 2.45) is 5.41 Å². The molecule has 0 bridgehead atoms. The number of benzene rings is 2. The van der Waals surface area contributed by atoms with Gasteiger partial charge >= 0.3 is 17.9 Å². The van der Waals surface area contributed by atoms with Crippen molar-refractivity contribution in [1.82, 2.24) is 9.80 Å². The first kappa shape index (κ1) is 39.4. The monoisotopic (exact) mass is 758 g/mol. The highest BCUT2D eigenvalue weighted by atomic mass is 16.6. The van der Waals surface area contributed by atoms with Crippen LogP contribution in [0.25, 0.3) is 0 Å². The molecule has 2 atom stereocenters. The highest BCUT2D eigenvalue weighted by molar-refractivity contribution is 5.99. The number of carbonyl (C=O) groups is 7. The topological polar surface area (TPSA) is 189 Å². The number of amides is 4. The molecule has 2 aromatic carbocycles. The Labute approximate surface area is 320 Å². The second-order valence-corrected chi connectivity index (χ2v) is 15.3. The number of esters is 2. The summed E-state index contributed by atoms with van der Waals surface area (Å²) in [6.07, 6.45) is 7.40. The normalized spacial score (nSPS) is 19.6. The zero-order valence-electron chi connectivity index (χ0n) is 31.4. The van der Waals surface area contributed by atoms with E-state index in [0.29, 0.717) is 50.1 Å². The van der Waals surface area contributed by atoms with Crippen molar-refractivity contribution in [3.63, 3.8) is 0 Å². The molecule has 2 aliphatic heterocycles. The molecule has 2 saturated heterocycles. The third kappa shape index (κ3) is 9.70. The Morgan fingerprint density at radius 3 is 1.47 bits per heavy atom. The van der Waals surface area contributed by atoms with Gasteiger partial charge in [0.25, 0.3) is 0 Å². The quantitative estimate of drug-likeness (QED) is 0.224. The average Bonchev–Trinajstić information content (AvgIpc) is 4.01. The Balaban J connectivity index is 0.904. The van der Waals surface area contributed by atoms with Crippen LogP contribution in [0.4, 0.5) is 11.4 Å². The van der Waals surface area contributed by atoms with Gasteiger partial charge in [0.05, 0.1) is 12.8 Å². The summed E-state index contributed by atoms with van der Waals surface area (Å²) < 4.78 is 10.4. The molecule has 0 aromatic heterocycles. The number of nitrogens with one attached hydrogen (secondary N) is 2. The number of hydrogen-bond donors (Lipinski definition) is 3. The SMILES string of the molecule is CC(COC(=O)CCC(=O)N1CCCC1C(=O)Nc1ccc2c(c1)CCC2)(COC(=O)CCC(=O)N1CCCC1C(=O)Nc1ccc2c(c1)CCC2)C(=O)O. The summed E-state index contributed by atoms with van der Waals surface area (Å²) in [5, 5.41) is 15.7. The molecule has 294 valence electrons. The van der Waals surface area contributed by atoms with Crippen molar-refractivity contribution in [3.8, 4) is 0 Å². The molecule has 2 heterocycles. The number of carbonyl (C=O) groups excluding carboxylic acids is 6. The van der Waals surface area contributed by atoms with E-state index in [0.717, 1.165) is 38.5 Å². The zero-order chi connectivity index (χ0) is 39.1. The Hall–Kier alpha value is -5.27. The van der Waals surface area contributed by atoms with Crippen LogP contribution in [-0.2, 0) is 68.7 Å². The molecule has 0 saturated carbocycles. The number of ether oxygens (including phenoxy) is 2. The zero-order valence-corrected chi connectivity index (χ0v) is 31.4. The van der Waals surface area contributed by atoms with Gasteiger partial charge < -0.3 is 35.0 Å². The lowest BCUT2D eigenvalue weighted by Crippen LogP contribution is -2.43. The average molecular weight is 759 g/mol. The van der Waals surface area contributed by atoms with E-state index in [2.05, 4.69) is 10.6 Å². The molecule has 2 aliphatic carbocycles. The lowest BCUT2D eigenvalue weighted by atomic mass is 9.93. The fraction of sp³-hybridized carbons (Fsp3) is 0.537. The number of aryl methyl sites for hydroxylation is 4. The highest BCUT2D eigenvalue weighted by Gasteiger charge is 2.39. The fourth-order valence-corrected chi connectivity index (χ4v) is 7.92. The summed E-state index contributed by atoms with van der Waals surface area (Å²) in [5.41, 5.74) is 4.62. The summed E-state index contributed by atoms with van der Waals surface area (Å²) in [6.45, 7) is 0.786. The van der Waals surface area contributed by atoms with Crippen molar-refractivity contribution in [1.29, 1.82) is 0 Å². The van der Waals surface area contributed by atoms with Gasteiger partial charge in [0.2, 0.25) is 23.6 Å². The second-order valence-electron chi connectivity index (χ2n) is 15.3. The lowest BCUT2D eigenvalue weighted by Gasteiger charge is -2.25. The minimum atomic E-state index is -1.79. The number of nitrogens with zero attached hydrogens (tertiary/aromatic N) is 2. The van der Waals surface area contributed by atoms with E-state index in [1.54, 1.807) is 0 Å². The number of rotatable bonds is 15. The predicted molar refractivity (Wildman–Crippen MR) is 200 cm³/mol. The van der Waals surface area contributed by atoms with Gasteiger partial charge in [0.15, 0.2) is 0 Å². The Morgan fingerprint density at radius 2 is 1.05 bits per heavy atom. The molecule has 4 amide bonds. The van der Waals surface area contributed by atoms with Crippen molar-refractivity contribution >= 4 is 52.9 Å². The maximum Gasteiger partial charge on any atom is 0.316 e. The number of carboxylic acid groups (broad SMARTS) is 1. The van der Waals surface area contributed by atoms with E-state index in [4.69, 9.17) is 9.47 Å². The number of fused-ring (bicyclic) bond motifs is 2. The van der Waals surface area contributed by atoms with E-state index >= 15 is 0 Å². The molecule has 0 spiro atoms. The second kappa shape index (κ2) is 17.5. The Morgan fingerprint density at radius 1 is 0.636 bits per heavy atom. The number of likely N-dealkylation sites (tertiary alicyclic amines) is 2. The number of carboxylic acids is 1. The molecule has 6 rings (SSSR count). The summed E-state index contributed by atoms with van der Waals surface area (Å²) in [5.74, 6) is -4.31. The third-order valence-corrected chi connectivity index (χ3v) is 11.2. The maximum absolute atomic E-state index is 13.1. The summed E-state index contributed by atoms with van der Waals surface area (Å²) in [7, 11) is 0. The summed E-state index contributed by atoms with van der Waals surface area (Å²) in [6, 6.07) is 10.4. The van der Waals surface area contributed by atoms with E-state index in [-0.39, 0.29) is 49.3 Å². The molecule has 2 fully saturated rings. The molecule has 14 heteroatoms. The van der Waals surface area contributed by atoms with Crippen molar-refractivity contribution in [2.45, 2.75) is 109 Å². The van der Waals surface area contributed by atoms with Gasteiger partial charge in [0, 0.05) is 37.3 Å². The molecule has 2 aromatic rings. The minimum absolute atomic E-state index is 0.220. The maximum atomic E-state index is 13.1. The van der Waals surface area contributed by atoms with Crippen LogP contribution in [0, 0.1) is 5.41 Å². The molecule has 0 radical (unpaired) electrons. The van der Waals surface area contributed by atoms with E-state index in [1.165, 1.54) is 39.0 Å². The van der Waals surface area contributed by atoms with Crippen LogP contribution in [0.1, 0.15) is 93.4 Å².